The van der Waals surface area contributed by atoms with E-state index >= 15 is 0 Å². The summed E-state index contributed by atoms with van der Waals surface area (Å²) in [4.78, 5) is 23.0. The number of nitrogen functional groups attached to an aromatic ring is 1. The zero-order valence-electron chi connectivity index (χ0n) is 11.0. The number of pyridine rings is 1. The fourth-order valence-corrected chi connectivity index (χ4v) is 1.63. The Morgan fingerprint density at radius 1 is 1.20 bits per heavy atom. The highest BCUT2D eigenvalue weighted by molar-refractivity contribution is 6.01. The van der Waals surface area contributed by atoms with E-state index in [0.717, 1.165) is 5.56 Å². The van der Waals surface area contributed by atoms with Gasteiger partial charge < -0.3 is 15.6 Å². The normalized spacial score (nSPS) is 10.7. The maximum atomic E-state index is 11.7. The van der Waals surface area contributed by atoms with Gasteiger partial charge in [0.15, 0.2) is 0 Å². The number of anilines is 2. The molecule has 2 rings (SSSR count). The third-order valence-electron chi connectivity index (χ3n) is 2.72. The maximum absolute atomic E-state index is 11.7. The van der Waals surface area contributed by atoms with Crippen molar-refractivity contribution in [3.63, 3.8) is 0 Å². The summed E-state index contributed by atoms with van der Waals surface area (Å²) in [7, 11) is 1.63. The molecular formula is C15H15N3O2. The lowest BCUT2D eigenvalue weighted by Crippen LogP contribution is -2.16. The second-order valence-corrected chi connectivity index (χ2v) is 4.36. The molecule has 0 spiro atoms. The van der Waals surface area contributed by atoms with Gasteiger partial charge in [-0.15, -0.1) is 0 Å². The highest BCUT2D eigenvalue weighted by Gasteiger charge is 1.99. The summed E-state index contributed by atoms with van der Waals surface area (Å²) in [5.41, 5.74) is 7.59. The minimum atomic E-state index is -0.263. The molecule has 0 atom stereocenters. The molecule has 20 heavy (non-hydrogen) atoms. The molecule has 3 N–H and O–H groups in total. The van der Waals surface area contributed by atoms with E-state index in [1.165, 1.54) is 16.7 Å². The molecule has 0 aliphatic carbocycles. The van der Waals surface area contributed by atoms with E-state index in [0.29, 0.717) is 11.4 Å². The number of aryl methyl sites for hydroxylation is 1. The molecule has 0 radical (unpaired) electrons. The van der Waals surface area contributed by atoms with Crippen LogP contribution in [0.4, 0.5) is 11.4 Å². The summed E-state index contributed by atoms with van der Waals surface area (Å²) in [6.45, 7) is 0. The fourth-order valence-electron chi connectivity index (χ4n) is 1.63. The zero-order valence-corrected chi connectivity index (χ0v) is 11.0. The van der Waals surface area contributed by atoms with Gasteiger partial charge in [-0.25, -0.2) is 0 Å². The van der Waals surface area contributed by atoms with Crippen molar-refractivity contribution in [3.05, 3.63) is 64.6 Å². The van der Waals surface area contributed by atoms with Gasteiger partial charge in [-0.1, -0.05) is 12.1 Å². The van der Waals surface area contributed by atoms with E-state index in [2.05, 4.69) is 5.32 Å². The average Bonchev–Trinajstić information content (AvgIpc) is 2.42. The molecule has 0 saturated carbocycles. The van der Waals surface area contributed by atoms with E-state index in [-0.39, 0.29) is 11.5 Å². The minimum Gasteiger partial charge on any atom is -0.399 e. The molecule has 5 nitrogen and oxygen atoms in total. The number of nitrogens with two attached hydrogens (primary N) is 1. The van der Waals surface area contributed by atoms with Crippen molar-refractivity contribution in [2.75, 3.05) is 11.1 Å². The van der Waals surface area contributed by atoms with Crippen LogP contribution in [0, 0.1) is 0 Å². The lowest BCUT2D eigenvalue weighted by Gasteiger charge is -2.03. The van der Waals surface area contributed by atoms with Crippen LogP contribution in [-0.2, 0) is 11.8 Å². The molecule has 102 valence electrons. The van der Waals surface area contributed by atoms with Crippen LogP contribution in [0.3, 0.4) is 0 Å². The first kappa shape index (κ1) is 13.6. The first-order valence-corrected chi connectivity index (χ1v) is 6.06. The second-order valence-electron chi connectivity index (χ2n) is 4.36. The average molecular weight is 269 g/mol. The topological polar surface area (TPSA) is 77.1 Å². The van der Waals surface area contributed by atoms with Gasteiger partial charge in [0.05, 0.1) is 5.69 Å². The van der Waals surface area contributed by atoms with Gasteiger partial charge in [-0.05, 0) is 29.8 Å². The Hall–Kier alpha value is -2.82. The van der Waals surface area contributed by atoms with Gasteiger partial charge in [0, 0.05) is 31.1 Å². The Balaban J connectivity index is 2.03. The Bertz CT molecular complexity index is 700. The van der Waals surface area contributed by atoms with Gasteiger partial charge in [0.1, 0.15) is 0 Å². The molecule has 0 aliphatic rings. The first-order chi connectivity index (χ1) is 9.54. The molecule has 0 aliphatic heterocycles. The third kappa shape index (κ3) is 3.58. The highest BCUT2D eigenvalue weighted by atomic mass is 16.1. The number of rotatable bonds is 3. The van der Waals surface area contributed by atoms with Crippen LogP contribution in [0.25, 0.3) is 6.08 Å². The largest absolute Gasteiger partial charge is 0.399 e. The highest BCUT2D eigenvalue weighted by Crippen LogP contribution is 2.07. The smallest absolute Gasteiger partial charge is 0.250 e. The van der Waals surface area contributed by atoms with Gasteiger partial charge in [-0.3, -0.25) is 9.59 Å². The quantitative estimate of drug-likeness (QED) is 0.656. The Kier molecular flexibility index (Phi) is 4.00. The predicted octanol–water partition coefficient (Wildman–Crippen LogP) is 1.62. The molecule has 1 aromatic heterocycles. The number of nitrogens with zero attached hydrogens (tertiary/aromatic N) is 1. The minimum absolute atomic E-state index is 0.125. The maximum Gasteiger partial charge on any atom is 0.250 e. The monoisotopic (exact) mass is 269 g/mol. The molecule has 1 aromatic carbocycles. The number of amides is 1. The summed E-state index contributed by atoms with van der Waals surface area (Å²) >= 11 is 0. The van der Waals surface area contributed by atoms with Gasteiger partial charge in [0.2, 0.25) is 11.5 Å². The summed E-state index contributed by atoms with van der Waals surface area (Å²) < 4.78 is 1.40. The summed E-state index contributed by atoms with van der Waals surface area (Å²) in [5.74, 6) is -0.263. The van der Waals surface area contributed by atoms with Gasteiger partial charge in [0.25, 0.3) is 0 Å². The molecular weight excluding hydrogens is 254 g/mol. The Morgan fingerprint density at radius 2 is 1.90 bits per heavy atom. The molecule has 0 unspecified atom stereocenters. The molecule has 0 saturated heterocycles. The molecule has 1 amide bonds. The third-order valence-corrected chi connectivity index (χ3v) is 2.72. The van der Waals surface area contributed by atoms with E-state index in [4.69, 9.17) is 5.73 Å². The molecule has 0 fully saturated rings. The molecule has 2 aromatic rings. The summed E-state index contributed by atoms with van der Waals surface area (Å²) in [6.07, 6.45) is 4.69. The molecule has 1 heterocycles. The second kappa shape index (κ2) is 5.88. The van der Waals surface area contributed by atoms with Crippen molar-refractivity contribution in [3.8, 4) is 0 Å². The number of carbonyl (C=O) groups is 1. The number of hydrogen-bond acceptors (Lipinski definition) is 3. The van der Waals surface area contributed by atoms with Crippen molar-refractivity contribution in [2.24, 2.45) is 7.05 Å². The van der Waals surface area contributed by atoms with Crippen LogP contribution in [0.5, 0.6) is 0 Å². The first-order valence-electron chi connectivity index (χ1n) is 6.06. The number of hydrogen-bond donors (Lipinski definition) is 2. The standard InChI is InChI=1S/C15H15N3O2/c1-18-10-13(7-9-15(18)20)17-14(19)8-4-11-2-5-12(16)6-3-11/h2-10H,16H2,1H3,(H,17,19)/b8-4+. The SMILES string of the molecule is Cn1cc(NC(=O)/C=C/c2ccc(N)cc2)ccc1=O. The zero-order chi connectivity index (χ0) is 14.5. The summed E-state index contributed by atoms with van der Waals surface area (Å²) in [6, 6.07) is 10.2. The van der Waals surface area contributed by atoms with Crippen LogP contribution in [0.15, 0.2) is 53.5 Å². The van der Waals surface area contributed by atoms with Crippen molar-refractivity contribution < 1.29 is 4.79 Å². The molecule has 5 heteroatoms. The predicted molar refractivity (Wildman–Crippen MR) is 80.2 cm³/mol. The lowest BCUT2D eigenvalue weighted by atomic mass is 10.2. The number of benzene rings is 1. The van der Waals surface area contributed by atoms with Gasteiger partial charge >= 0.3 is 0 Å². The Morgan fingerprint density at radius 3 is 2.55 bits per heavy atom. The van der Waals surface area contributed by atoms with E-state index in [1.54, 1.807) is 37.5 Å². The van der Waals surface area contributed by atoms with Crippen LogP contribution < -0.4 is 16.6 Å². The lowest BCUT2D eigenvalue weighted by molar-refractivity contribution is -0.111. The number of carbonyl (C=O) groups excluding carboxylic acids is 1. The van der Waals surface area contributed by atoms with Crippen molar-refractivity contribution >= 4 is 23.4 Å². The fraction of sp³-hybridized carbons (Fsp3) is 0.0667. The van der Waals surface area contributed by atoms with Crippen LogP contribution in [0.2, 0.25) is 0 Å². The van der Waals surface area contributed by atoms with Crippen LogP contribution >= 0.6 is 0 Å². The number of aromatic nitrogens is 1. The van der Waals surface area contributed by atoms with Crippen LogP contribution in [0.1, 0.15) is 5.56 Å². The van der Waals surface area contributed by atoms with E-state index < -0.39 is 0 Å². The summed E-state index contributed by atoms with van der Waals surface area (Å²) in [5, 5.41) is 2.68. The van der Waals surface area contributed by atoms with Crippen molar-refractivity contribution in [2.45, 2.75) is 0 Å². The molecule has 0 bridgehead atoms. The van der Waals surface area contributed by atoms with Crippen LogP contribution in [-0.4, -0.2) is 10.5 Å². The van der Waals surface area contributed by atoms with Crippen molar-refractivity contribution in [1.29, 1.82) is 0 Å². The van der Waals surface area contributed by atoms with Gasteiger partial charge in [-0.2, -0.15) is 0 Å². The number of nitrogens with one attached hydrogen (secondary N) is 1. The Labute approximate surface area is 116 Å². The van der Waals surface area contributed by atoms with Crippen molar-refractivity contribution in [1.82, 2.24) is 4.57 Å². The van der Waals surface area contributed by atoms with E-state index in [1.807, 2.05) is 12.1 Å². The van der Waals surface area contributed by atoms with E-state index in [9.17, 15) is 9.59 Å².